The Morgan fingerprint density at radius 3 is 2.54 bits per heavy atom. The number of halogens is 2. The number of fused-ring (bicyclic) bond motifs is 1. The molecule has 6 heteroatoms. The van der Waals surface area contributed by atoms with E-state index < -0.39 is 0 Å². The fourth-order valence-electron chi connectivity index (χ4n) is 3.23. The standard InChI is InChI=1S/C20H16ClFN2OS/c21-14-6-10-16(11-7-14)24-18-3-1-2-17(18)19(23-20(24)25)26-12-13-4-8-15(22)9-5-13/h4-11H,1-3,12H2. The van der Waals surface area contributed by atoms with E-state index in [4.69, 9.17) is 11.6 Å². The quantitative estimate of drug-likeness (QED) is 0.477. The second-order valence-electron chi connectivity index (χ2n) is 6.21. The van der Waals surface area contributed by atoms with Gasteiger partial charge in [-0.05, 0) is 61.2 Å². The van der Waals surface area contributed by atoms with Gasteiger partial charge in [-0.25, -0.2) is 9.18 Å². The van der Waals surface area contributed by atoms with Gasteiger partial charge in [0.25, 0.3) is 0 Å². The van der Waals surface area contributed by atoms with E-state index in [9.17, 15) is 9.18 Å². The van der Waals surface area contributed by atoms with Crippen LogP contribution in [-0.4, -0.2) is 9.55 Å². The highest BCUT2D eigenvalue weighted by Gasteiger charge is 2.22. The van der Waals surface area contributed by atoms with Gasteiger partial charge in [-0.3, -0.25) is 4.57 Å². The Hall–Kier alpha value is -2.11. The summed E-state index contributed by atoms with van der Waals surface area (Å²) in [6.45, 7) is 0. The van der Waals surface area contributed by atoms with E-state index in [-0.39, 0.29) is 11.5 Å². The highest BCUT2D eigenvalue weighted by molar-refractivity contribution is 7.98. The number of rotatable bonds is 4. The second kappa shape index (κ2) is 7.25. The van der Waals surface area contributed by atoms with Crippen LogP contribution in [0.1, 0.15) is 23.2 Å². The first-order chi connectivity index (χ1) is 12.6. The van der Waals surface area contributed by atoms with Crippen molar-refractivity contribution in [2.24, 2.45) is 0 Å². The first-order valence-corrected chi connectivity index (χ1v) is 9.76. The molecule has 1 aliphatic carbocycles. The van der Waals surface area contributed by atoms with Crippen LogP contribution in [0, 0.1) is 5.82 Å². The molecule has 3 aromatic rings. The molecule has 0 bridgehead atoms. The largest absolute Gasteiger partial charge is 0.353 e. The molecule has 132 valence electrons. The Labute approximate surface area is 159 Å². The van der Waals surface area contributed by atoms with Crippen LogP contribution in [0.25, 0.3) is 5.69 Å². The summed E-state index contributed by atoms with van der Waals surface area (Å²) in [5.74, 6) is 0.410. The zero-order valence-electron chi connectivity index (χ0n) is 13.9. The van der Waals surface area contributed by atoms with E-state index in [1.54, 1.807) is 28.8 Å². The van der Waals surface area contributed by atoms with E-state index >= 15 is 0 Å². The lowest BCUT2D eigenvalue weighted by Crippen LogP contribution is -2.25. The summed E-state index contributed by atoms with van der Waals surface area (Å²) in [5.41, 5.74) is 3.71. The van der Waals surface area contributed by atoms with Gasteiger partial charge in [-0.2, -0.15) is 4.98 Å². The van der Waals surface area contributed by atoms with Crippen molar-refractivity contribution < 1.29 is 4.39 Å². The first-order valence-electron chi connectivity index (χ1n) is 8.40. The fourth-order valence-corrected chi connectivity index (χ4v) is 4.39. The van der Waals surface area contributed by atoms with Gasteiger partial charge in [-0.15, -0.1) is 11.8 Å². The molecule has 0 aliphatic heterocycles. The first kappa shape index (κ1) is 17.3. The van der Waals surface area contributed by atoms with Crippen molar-refractivity contribution in [1.82, 2.24) is 9.55 Å². The molecule has 3 nitrogen and oxygen atoms in total. The van der Waals surface area contributed by atoms with Gasteiger partial charge >= 0.3 is 5.69 Å². The molecule has 2 aromatic carbocycles. The second-order valence-corrected chi connectivity index (χ2v) is 7.61. The zero-order valence-corrected chi connectivity index (χ0v) is 15.5. The smallest absolute Gasteiger partial charge is 0.265 e. The number of nitrogens with zero attached hydrogens (tertiary/aromatic N) is 2. The van der Waals surface area contributed by atoms with Gasteiger partial charge in [0, 0.05) is 22.0 Å². The Morgan fingerprint density at radius 2 is 1.81 bits per heavy atom. The van der Waals surface area contributed by atoms with E-state index in [0.717, 1.165) is 46.8 Å². The van der Waals surface area contributed by atoms with E-state index in [1.807, 2.05) is 12.1 Å². The molecular formula is C20H16ClFN2OS. The van der Waals surface area contributed by atoms with Crippen molar-refractivity contribution in [3.63, 3.8) is 0 Å². The number of thioether (sulfide) groups is 1. The average molecular weight is 387 g/mol. The molecule has 0 amide bonds. The summed E-state index contributed by atoms with van der Waals surface area (Å²) in [6, 6.07) is 13.7. The van der Waals surface area contributed by atoms with Crippen LogP contribution in [0.2, 0.25) is 5.02 Å². The third-order valence-corrected chi connectivity index (χ3v) is 5.82. The summed E-state index contributed by atoms with van der Waals surface area (Å²) < 4.78 is 14.7. The molecular weight excluding hydrogens is 371 g/mol. The van der Waals surface area contributed by atoms with Crippen molar-refractivity contribution in [2.45, 2.75) is 30.0 Å². The highest BCUT2D eigenvalue weighted by atomic mass is 35.5. The number of benzene rings is 2. The topological polar surface area (TPSA) is 34.9 Å². The van der Waals surface area contributed by atoms with E-state index in [0.29, 0.717) is 10.8 Å². The molecule has 1 aliphatic rings. The molecule has 0 N–H and O–H groups in total. The maximum absolute atomic E-state index is 13.0. The van der Waals surface area contributed by atoms with Gasteiger partial charge in [-0.1, -0.05) is 23.7 Å². The Balaban J connectivity index is 1.68. The lowest BCUT2D eigenvalue weighted by Gasteiger charge is -2.14. The number of aromatic nitrogens is 2. The predicted molar refractivity (Wildman–Crippen MR) is 103 cm³/mol. The van der Waals surface area contributed by atoms with Crippen molar-refractivity contribution in [1.29, 1.82) is 0 Å². The highest BCUT2D eigenvalue weighted by Crippen LogP contribution is 2.32. The summed E-state index contributed by atoms with van der Waals surface area (Å²) >= 11 is 7.50. The van der Waals surface area contributed by atoms with Crippen molar-refractivity contribution >= 4 is 23.4 Å². The lowest BCUT2D eigenvalue weighted by atomic mass is 10.2. The average Bonchev–Trinajstić information content (AvgIpc) is 3.12. The van der Waals surface area contributed by atoms with Crippen LogP contribution in [0.15, 0.2) is 58.4 Å². The third kappa shape index (κ3) is 3.41. The van der Waals surface area contributed by atoms with E-state index in [2.05, 4.69) is 4.98 Å². The summed E-state index contributed by atoms with van der Waals surface area (Å²) in [4.78, 5) is 17.0. The molecule has 1 aromatic heterocycles. The van der Waals surface area contributed by atoms with Gasteiger partial charge in [0.1, 0.15) is 10.8 Å². The maximum atomic E-state index is 13.0. The summed E-state index contributed by atoms with van der Waals surface area (Å²) in [7, 11) is 0. The molecule has 0 unspecified atom stereocenters. The molecule has 0 atom stereocenters. The van der Waals surface area contributed by atoms with Gasteiger partial charge in [0.15, 0.2) is 0 Å². The molecule has 4 rings (SSSR count). The number of hydrogen-bond acceptors (Lipinski definition) is 3. The molecule has 0 spiro atoms. The SMILES string of the molecule is O=c1nc(SCc2ccc(F)cc2)c2c(n1-c1ccc(Cl)cc1)CCC2. The van der Waals surface area contributed by atoms with E-state index in [1.165, 1.54) is 23.9 Å². The molecule has 26 heavy (non-hydrogen) atoms. The molecule has 0 saturated carbocycles. The third-order valence-electron chi connectivity index (χ3n) is 4.48. The van der Waals surface area contributed by atoms with Crippen molar-refractivity contribution in [3.8, 4) is 5.69 Å². The summed E-state index contributed by atoms with van der Waals surface area (Å²) in [5, 5.41) is 1.43. The monoisotopic (exact) mass is 386 g/mol. The Bertz CT molecular complexity index is 1000. The minimum Gasteiger partial charge on any atom is -0.265 e. The van der Waals surface area contributed by atoms with Crippen molar-refractivity contribution in [3.05, 3.63) is 86.7 Å². The van der Waals surface area contributed by atoms with Crippen molar-refractivity contribution in [2.75, 3.05) is 0 Å². The summed E-state index contributed by atoms with van der Waals surface area (Å²) in [6.07, 6.45) is 2.79. The van der Waals surface area contributed by atoms with Crippen LogP contribution >= 0.6 is 23.4 Å². The zero-order chi connectivity index (χ0) is 18.1. The normalized spacial score (nSPS) is 13.0. The molecule has 1 heterocycles. The van der Waals surface area contributed by atoms with Crippen LogP contribution in [0.4, 0.5) is 4.39 Å². The minimum absolute atomic E-state index is 0.247. The number of hydrogen-bond donors (Lipinski definition) is 0. The van der Waals surface area contributed by atoms with Crippen LogP contribution in [0.5, 0.6) is 0 Å². The Morgan fingerprint density at radius 1 is 1.08 bits per heavy atom. The molecule has 0 saturated heterocycles. The van der Waals surface area contributed by atoms with Gasteiger partial charge in [0.05, 0.1) is 5.69 Å². The van der Waals surface area contributed by atoms with Gasteiger partial charge in [0.2, 0.25) is 0 Å². The molecule has 0 radical (unpaired) electrons. The minimum atomic E-state index is -0.269. The lowest BCUT2D eigenvalue weighted by molar-refractivity contribution is 0.627. The van der Waals surface area contributed by atoms with Gasteiger partial charge < -0.3 is 0 Å². The van der Waals surface area contributed by atoms with Crippen LogP contribution < -0.4 is 5.69 Å². The Kier molecular flexibility index (Phi) is 4.83. The molecule has 0 fully saturated rings. The predicted octanol–water partition coefficient (Wildman–Crippen LogP) is 4.81. The fraction of sp³-hybridized carbons (Fsp3) is 0.200. The van der Waals surface area contributed by atoms with Crippen LogP contribution in [-0.2, 0) is 18.6 Å². The maximum Gasteiger partial charge on any atom is 0.353 e. The van der Waals surface area contributed by atoms with Crippen LogP contribution in [0.3, 0.4) is 0 Å².